The minimum absolute atomic E-state index is 0.00823. The summed E-state index contributed by atoms with van der Waals surface area (Å²) < 4.78 is 57.7. The number of aliphatic hydroxyl groups excluding tert-OH is 16. The maximum absolute atomic E-state index is 13.8. The Morgan fingerprint density at radius 3 is 1.12 bits per heavy atom. The van der Waals surface area contributed by atoms with Crippen molar-refractivity contribution in [1.82, 2.24) is 5.32 Å². The molecule has 24 atom stereocenters. The highest BCUT2D eigenvalue weighted by molar-refractivity contribution is 7.47. The number of rotatable bonds is 52. The zero-order valence-electron chi connectivity index (χ0n) is 54.5. The predicted octanol–water partition coefficient (Wildman–Crippen LogP) is 3.08. The molecule has 0 radical (unpaired) electrons. The highest BCUT2D eigenvalue weighted by atomic mass is 31.2. The van der Waals surface area contributed by atoms with Gasteiger partial charge in [-0.2, -0.15) is 0 Å². The van der Waals surface area contributed by atoms with Crippen molar-refractivity contribution in [3.8, 4) is 0 Å². The standard InChI is InChI=1S/C62H121NO27P2/c1-3-5-7-9-11-13-15-17-18-19-20-21-22-23-24-25-27-29-31-33-35-37-42(65)45(67)61(80)63-40(44(66)41(64)36-34-32-30-28-26-16-14-12-10-8-6-4-2)38-85-91(81,82)90-60-56(78)52(74)51(73)55(77)59(60)88-62-57(79)47(69)46(68)43(87-62)39-86-92(83,84)89-58-53(75)49(71)48(70)50(72)54(58)76/h40-60,62,64-79H,3-39H2,1-2H3,(H,63,80)(H,81,82)(H,83,84)/t40-,41?,42?,43+,44-,45?,46+,47-,48?,49-,50+,51+,52+,53+,54+,55-,56+,57-,58?,59+,60+,62?/m0/s1. The third kappa shape index (κ3) is 30.6. The predicted molar refractivity (Wildman–Crippen MR) is 336 cm³/mol. The van der Waals surface area contributed by atoms with Gasteiger partial charge in [-0.25, -0.2) is 9.13 Å². The molecule has 3 aliphatic rings. The fourth-order valence-electron chi connectivity index (χ4n) is 12.1. The van der Waals surface area contributed by atoms with E-state index in [1.807, 2.05) is 0 Å². The Morgan fingerprint density at radius 2 is 0.717 bits per heavy atom. The van der Waals surface area contributed by atoms with Gasteiger partial charge in [0.2, 0.25) is 0 Å². The number of amides is 1. The lowest BCUT2D eigenvalue weighted by Gasteiger charge is -2.47. The first-order valence-electron chi connectivity index (χ1n) is 34.5. The zero-order valence-corrected chi connectivity index (χ0v) is 56.3. The van der Waals surface area contributed by atoms with Crippen LogP contribution in [0.25, 0.3) is 0 Å². The molecule has 546 valence electrons. The van der Waals surface area contributed by atoms with Crippen LogP contribution in [0, 0.1) is 0 Å². The van der Waals surface area contributed by atoms with E-state index in [0.29, 0.717) is 19.3 Å². The first kappa shape index (κ1) is 85.2. The van der Waals surface area contributed by atoms with E-state index >= 15 is 0 Å². The Bertz CT molecular complexity index is 2000. The maximum Gasteiger partial charge on any atom is 0.472 e. The summed E-state index contributed by atoms with van der Waals surface area (Å²) >= 11 is 0. The van der Waals surface area contributed by atoms with Gasteiger partial charge in [-0.1, -0.05) is 226 Å². The molecule has 92 heavy (non-hydrogen) atoms. The van der Waals surface area contributed by atoms with E-state index in [1.54, 1.807) is 0 Å². The van der Waals surface area contributed by atoms with E-state index in [1.165, 1.54) is 128 Å². The summed E-state index contributed by atoms with van der Waals surface area (Å²) in [5.41, 5.74) is 0. The smallest absolute Gasteiger partial charge is 0.390 e. The number of phosphoric ester groups is 2. The van der Waals surface area contributed by atoms with Crippen molar-refractivity contribution >= 4 is 21.6 Å². The lowest BCUT2D eigenvalue weighted by atomic mass is 9.84. The van der Waals surface area contributed by atoms with Crippen molar-refractivity contribution in [3.05, 3.63) is 0 Å². The van der Waals surface area contributed by atoms with Crippen LogP contribution in [0.4, 0.5) is 0 Å². The molecule has 2 aliphatic carbocycles. The quantitative estimate of drug-likeness (QED) is 0.0307. The lowest BCUT2D eigenvalue weighted by Crippen LogP contribution is -2.67. The molecule has 8 unspecified atom stereocenters. The monoisotopic (exact) mass is 1370 g/mol. The van der Waals surface area contributed by atoms with Crippen LogP contribution < -0.4 is 5.32 Å². The van der Waals surface area contributed by atoms with Crippen molar-refractivity contribution in [3.63, 3.8) is 0 Å². The van der Waals surface area contributed by atoms with Gasteiger partial charge in [-0.15, -0.1) is 0 Å². The SMILES string of the molecule is CCCCCCCCCCCCCCCCCCCCCCCC(O)C(O)C(=O)N[C@@H](COP(=O)(O)O[C@@H]1[C@H](O)[C@H](O)[C@@H](O)[C@H](O)[C@H]1OC1O[C@H](COP(=O)(O)OC2[C@H](O)[C@H](O)C(O)[C@H](O)[C@H]2O)[C@@H](O)[C@H](O)[C@@H]1O)[C@H](O)C(O)CCCCCCCCCCCCCC. The van der Waals surface area contributed by atoms with Crippen molar-refractivity contribution in [2.24, 2.45) is 0 Å². The normalized spacial score (nSPS) is 31.7. The molecule has 1 saturated heterocycles. The minimum atomic E-state index is -5.75. The van der Waals surface area contributed by atoms with Gasteiger partial charge in [0.25, 0.3) is 5.91 Å². The van der Waals surface area contributed by atoms with Crippen LogP contribution in [-0.4, -0.2) is 245 Å². The number of carbonyl (C=O) groups excluding carboxylic acids is 1. The van der Waals surface area contributed by atoms with Crippen molar-refractivity contribution in [1.29, 1.82) is 0 Å². The topological polar surface area (TPSA) is 483 Å². The number of hydrogen-bond donors (Lipinski definition) is 19. The summed E-state index contributed by atoms with van der Waals surface area (Å²) in [6.45, 7) is 1.95. The first-order chi connectivity index (χ1) is 43.7. The fourth-order valence-corrected chi connectivity index (χ4v) is 14.0. The fraction of sp³-hybridized carbons (Fsp3) is 0.984. The highest BCUT2D eigenvalue weighted by Crippen LogP contribution is 2.49. The average molecular weight is 1370 g/mol. The van der Waals surface area contributed by atoms with Crippen molar-refractivity contribution < 1.29 is 133 Å². The van der Waals surface area contributed by atoms with Gasteiger partial charge in [-0.3, -0.25) is 22.9 Å². The molecule has 28 nitrogen and oxygen atoms in total. The van der Waals surface area contributed by atoms with Gasteiger partial charge in [0.1, 0.15) is 104 Å². The molecule has 0 aromatic rings. The minimum Gasteiger partial charge on any atom is -0.390 e. The first-order valence-corrected chi connectivity index (χ1v) is 37.5. The van der Waals surface area contributed by atoms with Crippen LogP contribution in [0.2, 0.25) is 0 Å². The summed E-state index contributed by atoms with van der Waals surface area (Å²) in [5, 5.41) is 173. The molecule has 19 N–H and O–H groups in total. The second-order valence-electron chi connectivity index (χ2n) is 25.9. The molecular weight excluding hydrogens is 1250 g/mol. The van der Waals surface area contributed by atoms with E-state index in [9.17, 15) is 105 Å². The molecule has 0 aromatic carbocycles. The largest absolute Gasteiger partial charge is 0.472 e. The van der Waals surface area contributed by atoms with Gasteiger partial charge in [0, 0.05) is 0 Å². The van der Waals surface area contributed by atoms with E-state index in [4.69, 9.17) is 27.6 Å². The van der Waals surface area contributed by atoms with Crippen LogP contribution in [0.1, 0.15) is 239 Å². The molecule has 2 saturated carbocycles. The Morgan fingerprint density at radius 1 is 0.402 bits per heavy atom. The summed E-state index contributed by atoms with van der Waals surface area (Å²) in [5.74, 6) is -1.24. The molecule has 0 bridgehead atoms. The van der Waals surface area contributed by atoms with E-state index in [0.717, 1.165) is 64.2 Å². The zero-order chi connectivity index (χ0) is 68.4. The molecule has 1 aliphatic heterocycles. The summed E-state index contributed by atoms with van der Waals surface area (Å²) in [7, 11) is -11.3. The van der Waals surface area contributed by atoms with Crippen LogP contribution in [0.3, 0.4) is 0 Å². The second kappa shape index (κ2) is 46.3. The molecule has 1 amide bonds. The van der Waals surface area contributed by atoms with Gasteiger partial charge < -0.3 is 106 Å². The Balaban J connectivity index is 1.61. The van der Waals surface area contributed by atoms with Crippen LogP contribution in [0.15, 0.2) is 0 Å². The van der Waals surface area contributed by atoms with Gasteiger partial charge in [0.15, 0.2) is 12.4 Å². The molecule has 0 spiro atoms. The number of carbonyl (C=O) groups is 1. The van der Waals surface area contributed by atoms with Crippen LogP contribution >= 0.6 is 15.6 Å². The summed E-state index contributed by atoms with van der Waals surface area (Å²) in [4.78, 5) is 35.1. The van der Waals surface area contributed by atoms with Gasteiger partial charge in [-0.05, 0) is 12.8 Å². The highest BCUT2D eigenvalue weighted by Gasteiger charge is 2.56. The third-order valence-electron chi connectivity index (χ3n) is 18.1. The van der Waals surface area contributed by atoms with Crippen molar-refractivity contribution in [2.75, 3.05) is 13.2 Å². The summed E-state index contributed by atoms with van der Waals surface area (Å²) in [6.07, 6.45) is -9.03. The van der Waals surface area contributed by atoms with E-state index in [-0.39, 0.29) is 12.8 Å². The Labute approximate surface area is 544 Å². The second-order valence-corrected chi connectivity index (χ2v) is 28.7. The van der Waals surface area contributed by atoms with Crippen molar-refractivity contribution in [2.45, 2.75) is 373 Å². The number of nitrogens with one attached hydrogen (secondary N) is 1. The molecule has 1 heterocycles. The maximum atomic E-state index is 13.8. The number of phosphoric acid groups is 2. The number of ether oxygens (including phenoxy) is 2. The number of unbranched alkanes of at least 4 members (excludes halogenated alkanes) is 31. The van der Waals surface area contributed by atoms with E-state index < -0.39 is 169 Å². The van der Waals surface area contributed by atoms with Crippen LogP contribution in [0.5, 0.6) is 0 Å². The third-order valence-corrected chi connectivity index (χ3v) is 20.1. The Kier molecular flexibility index (Phi) is 42.9. The molecule has 0 aromatic heterocycles. The summed E-state index contributed by atoms with van der Waals surface area (Å²) in [6, 6.07) is -1.81. The molecular formula is C62H121NO27P2. The van der Waals surface area contributed by atoms with E-state index in [2.05, 4.69) is 19.2 Å². The molecule has 3 fully saturated rings. The molecule has 30 heteroatoms. The van der Waals surface area contributed by atoms with Crippen LogP contribution in [-0.2, 0) is 41.5 Å². The van der Waals surface area contributed by atoms with Gasteiger partial charge >= 0.3 is 15.6 Å². The van der Waals surface area contributed by atoms with Gasteiger partial charge in [0.05, 0.1) is 31.5 Å². The lowest BCUT2D eigenvalue weighted by molar-refractivity contribution is -0.337. The number of hydrogen-bond acceptors (Lipinski definition) is 25. The molecule has 3 rings (SSSR count). The number of aliphatic hydroxyl groups is 16. The Hall–Kier alpha value is -1.03. The average Bonchev–Trinajstić information content (AvgIpc) is 0.788.